The number of carbonyl (C=O) groups excluding carboxylic acids is 1. The van der Waals surface area contributed by atoms with E-state index < -0.39 is 17.8 Å². The molecule has 0 aromatic heterocycles. The number of ether oxygens (including phenoxy) is 1. The lowest BCUT2D eigenvalue weighted by Gasteiger charge is -2.09. The second-order valence-electron chi connectivity index (χ2n) is 3.23. The third kappa shape index (κ3) is 4.65. The molecule has 8 heteroatoms. The topological polar surface area (TPSA) is 95.9 Å². The Bertz CT molecular complexity index is 450. The van der Waals surface area contributed by atoms with Crippen molar-refractivity contribution in [1.82, 2.24) is 5.32 Å². The number of carboxylic acids is 1. The summed E-state index contributed by atoms with van der Waals surface area (Å²) in [5, 5.41) is 19.8. The summed E-state index contributed by atoms with van der Waals surface area (Å²) >= 11 is 4.55. The molecular weight excluding hydrogens is 277 g/mol. The first-order chi connectivity index (χ1) is 8.52. The van der Waals surface area contributed by atoms with Gasteiger partial charge in [0, 0.05) is 7.36 Å². The zero-order valence-corrected chi connectivity index (χ0v) is 10.8. The molecule has 1 aromatic rings. The summed E-state index contributed by atoms with van der Waals surface area (Å²) in [5.41, 5.74) is 0.672. The lowest BCUT2D eigenvalue weighted by Crippen LogP contribution is -2.36. The van der Waals surface area contributed by atoms with Crippen molar-refractivity contribution >= 4 is 31.2 Å². The maximum absolute atomic E-state index is 11.3. The van der Waals surface area contributed by atoms with Crippen molar-refractivity contribution < 1.29 is 24.5 Å². The first-order valence-corrected chi connectivity index (χ1v) is 6.77. The number of hydrogen-bond donors (Lipinski definition) is 3. The Morgan fingerprint density at radius 2 is 2.00 bits per heavy atom. The molecule has 0 aliphatic rings. The van der Waals surface area contributed by atoms with Crippen LogP contribution in [-0.4, -0.2) is 28.1 Å². The number of aromatic hydroxyl groups is 1. The Balaban J connectivity index is 2.43. The van der Waals surface area contributed by atoms with Crippen molar-refractivity contribution in [3.8, 4) is 5.75 Å². The van der Waals surface area contributed by atoms with Gasteiger partial charge in [0.1, 0.15) is 12.4 Å². The number of rotatable bonds is 5. The van der Waals surface area contributed by atoms with Crippen LogP contribution in [0.3, 0.4) is 0 Å². The van der Waals surface area contributed by atoms with Gasteiger partial charge >= 0.3 is 12.1 Å². The number of carbonyl (C=O) groups is 2. The first kappa shape index (κ1) is 14.3. The van der Waals surface area contributed by atoms with Crippen LogP contribution in [0.2, 0.25) is 0 Å². The second kappa shape index (κ2) is 6.88. The van der Waals surface area contributed by atoms with Gasteiger partial charge in [0.25, 0.3) is 0 Å². The van der Waals surface area contributed by atoms with E-state index in [1.54, 1.807) is 12.1 Å². The maximum atomic E-state index is 11.3. The normalized spacial score (nSPS) is 11.8. The minimum atomic E-state index is -1.21. The van der Waals surface area contributed by atoms with Crippen molar-refractivity contribution in [2.45, 2.75) is 12.4 Å². The van der Waals surface area contributed by atoms with Crippen LogP contribution in [0.5, 0.6) is 5.75 Å². The largest absolute Gasteiger partial charge is 0.508 e. The summed E-state index contributed by atoms with van der Waals surface area (Å²) in [7, 11) is 0.0994. The molecule has 0 aliphatic carbocycles. The number of benzene rings is 1. The van der Waals surface area contributed by atoms with E-state index in [0.29, 0.717) is 5.56 Å². The molecule has 1 atom stereocenters. The van der Waals surface area contributed by atoms with Crippen molar-refractivity contribution in [3.63, 3.8) is 0 Å². The first-order valence-electron chi connectivity index (χ1n) is 4.79. The Hall–Kier alpha value is -1.72. The lowest BCUT2D eigenvalue weighted by atomic mass is 10.2. The van der Waals surface area contributed by atoms with E-state index in [2.05, 4.69) is 17.1 Å². The number of hydrogen-bond acceptors (Lipinski definition) is 5. The summed E-state index contributed by atoms with van der Waals surface area (Å²) in [6.45, 7) is -0.0211. The molecule has 0 heterocycles. The van der Waals surface area contributed by atoms with Gasteiger partial charge in [-0.1, -0.05) is 23.9 Å². The molecule has 0 aliphatic heterocycles. The molecule has 0 saturated heterocycles. The Kier molecular flexibility index (Phi) is 5.48. The average molecular weight is 287 g/mol. The molecule has 0 spiro atoms. The van der Waals surface area contributed by atoms with Gasteiger partial charge < -0.3 is 14.9 Å². The molecule has 18 heavy (non-hydrogen) atoms. The molecule has 6 nitrogen and oxygen atoms in total. The Morgan fingerprint density at radius 1 is 1.39 bits per heavy atom. The smallest absolute Gasteiger partial charge is 0.408 e. The van der Waals surface area contributed by atoms with Gasteiger partial charge in [-0.15, -0.1) is 0 Å². The van der Waals surface area contributed by atoms with Crippen LogP contribution < -0.4 is 5.32 Å². The number of carboxylic acid groups (broad SMARTS) is 1. The lowest BCUT2D eigenvalue weighted by molar-refractivity contribution is -0.136. The van der Waals surface area contributed by atoms with E-state index in [4.69, 9.17) is 14.9 Å². The SMILES string of the molecule is O=C(NC(P=S)C(=O)O)OCc1ccc(O)cc1. The molecule has 1 aromatic carbocycles. The van der Waals surface area contributed by atoms with Crippen LogP contribution >= 0.6 is 7.36 Å². The molecule has 1 amide bonds. The predicted molar refractivity (Wildman–Crippen MR) is 67.1 cm³/mol. The minimum absolute atomic E-state index is 0.0211. The molecule has 3 N–H and O–H groups in total. The van der Waals surface area contributed by atoms with Crippen molar-refractivity contribution in [2.75, 3.05) is 0 Å². The summed E-state index contributed by atoms with van der Waals surface area (Å²) in [4.78, 5) is 21.9. The standard InChI is InChI=1S/C10H10NO5PS/c12-7-3-1-6(2-4-7)5-16-10(15)11-8(17-18)9(13)14/h1-4,8,12H,5H2,(H,11,15)(H,13,14). The Morgan fingerprint density at radius 3 is 2.50 bits per heavy atom. The van der Waals surface area contributed by atoms with E-state index in [1.807, 2.05) is 0 Å². The van der Waals surface area contributed by atoms with E-state index in [1.165, 1.54) is 12.1 Å². The number of phenolic OH excluding ortho intramolecular Hbond substituents is 1. The average Bonchev–Trinajstić information content (AvgIpc) is 2.35. The molecule has 1 rings (SSSR count). The van der Waals surface area contributed by atoms with Crippen LogP contribution in [0.15, 0.2) is 24.3 Å². The number of amides is 1. The van der Waals surface area contributed by atoms with Gasteiger partial charge in [-0.3, -0.25) is 5.32 Å². The van der Waals surface area contributed by atoms with Gasteiger partial charge in [-0.2, -0.15) is 0 Å². The molecule has 0 fully saturated rings. The monoisotopic (exact) mass is 287 g/mol. The van der Waals surface area contributed by atoms with E-state index in [-0.39, 0.29) is 19.7 Å². The zero-order chi connectivity index (χ0) is 13.5. The van der Waals surface area contributed by atoms with Gasteiger partial charge in [-0.25, -0.2) is 9.59 Å². The van der Waals surface area contributed by atoms with Crippen LogP contribution in [0.25, 0.3) is 0 Å². The number of alkyl carbamates (subject to hydrolysis) is 1. The minimum Gasteiger partial charge on any atom is -0.508 e. The fourth-order valence-corrected chi connectivity index (χ4v) is 1.70. The van der Waals surface area contributed by atoms with Gasteiger partial charge in [0.15, 0.2) is 5.78 Å². The van der Waals surface area contributed by atoms with Crippen LogP contribution in [-0.2, 0) is 27.9 Å². The van der Waals surface area contributed by atoms with E-state index in [0.717, 1.165) is 0 Å². The van der Waals surface area contributed by atoms with Crippen LogP contribution in [0.4, 0.5) is 4.79 Å². The molecule has 0 bridgehead atoms. The quantitative estimate of drug-likeness (QED) is 0.709. The van der Waals surface area contributed by atoms with Crippen LogP contribution in [0.1, 0.15) is 5.56 Å². The van der Waals surface area contributed by atoms with Gasteiger partial charge in [-0.05, 0) is 17.7 Å². The highest BCUT2D eigenvalue weighted by Gasteiger charge is 2.18. The summed E-state index contributed by atoms with van der Waals surface area (Å²) < 4.78 is 4.80. The molecule has 0 radical (unpaired) electrons. The number of phenols is 1. The van der Waals surface area contributed by atoms with Gasteiger partial charge in [0.05, 0.1) is 0 Å². The third-order valence-corrected chi connectivity index (χ3v) is 3.09. The summed E-state index contributed by atoms with van der Waals surface area (Å²) in [6, 6.07) is 6.09. The fourth-order valence-electron chi connectivity index (χ4n) is 1.03. The fraction of sp³-hybridized carbons (Fsp3) is 0.200. The second-order valence-corrected chi connectivity index (χ2v) is 4.59. The number of aliphatic carboxylic acids is 1. The predicted octanol–water partition coefficient (Wildman–Crippen LogP) is 1.44. The zero-order valence-electron chi connectivity index (χ0n) is 9.07. The van der Waals surface area contributed by atoms with Gasteiger partial charge in [0.2, 0.25) is 0 Å². The highest BCUT2D eigenvalue weighted by atomic mass is 32.4. The molecule has 0 saturated carbocycles. The van der Waals surface area contributed by atoms with Crippen molar-refractivity contribution in [3.05, 3.63) is 29.8 Å². The Labute approximate surface area is 109 Å². The van der Waals surface area contributed by atoms with Crippen LogP contribution in [0, 0.1) is 0 Å². The third-order valence-electron chi connectivity index (χ3n) is 1.90. The van der Waals surface area contributed by atoms with E-state index >= 15 is 0 Å². The highest BCUT2D eigenvalue weighted by molar-refractivity contribution is 7.97. The highest BCUT2D eigenvalue weighted by Crippen LogP contribution is 2.10. The van der Waals surface area contributed by atoms with E-state index in [9.17, 15) is 9.59 Å². The summed E-state index contributed by atoms with van der Waals surface area (Å²) in [6.07, 6.45) is -0.854. The molecule has 96 valence electrons. The molecular formula is C10H10NO5PS. The summed E-state index contributed by atoms with van der Waals surface area (Å²) in [5.74, 6) is -2.26. The maximum Gasteiger partial charge on any atom is 0.408 e. The van der Waals surface area contributed by atoms with Crippen molar-refractivity contribution in [1.29, 1.82) is 0 Å². The van der Waals surface area contributed by atoms with Crippen molar-refractivity contribution in [2.24, 2.45) is 0 Å². The number of nitrogens with one attached hydrogen (secondary N) is 1. The molecule has 1 unspecified atom stereocenters.